The highest BCUT2D eigenvalue weighted by atomic mass is 32.3. The number of hydrogen-bond acceptors (Lipinski definition) is 8. The highest BCUT2D eigenvalue weighted by Gasteiger charge is 2.27. The van der Waals surface area contributed by atoms with Crippen molar-refractivity contribution < 1.29 is 17.5 Å². The molecular weight excluding hydrogens is 372 g/mol. The van der Waals surface area contributed by atoms with Gasteiger partial charge < -0.3 is 33.2 Å². The third-order valence-electron chi connectivity index (χ3n) is 4.08. The van der Waals surface area contributed by atoms with Gasteiger partial charge in [-0.1, -0.05) is 0 Å². The van der Waals surface area contributed by atoms with Gasteiger partial charge in [-0.05, 0) is 36.4 Å². The lowest BCUT2D eigenvalue weighted by atomic mass is 9.99. The van der Waals surface area contributed by atoms with Gasteiger partial charge in [0.05, 0.1) is 17.4 Å². The molecule has 11 heteroatoms. The molecule has 1 aliphatic heterocycles. The maximum absolute atomic E-state index is 8.74. The summed E-state index contributed by atoms with van der Waals surface area (Å²) in [5.41, 5.74) is 29.0. The van der Waals surface area contributed by atoms with Crippen LogP contribution in [0, 0.1) is 0 Å². The zero-order chi connectivity index (χ0) is 20.2. The number of nitrogens with one attached hydrogen (secondary N) is 1. The third kappa shape index (κ3) is 5.89. The van der Waals surface area contributed by atoms with E-state index in [-0.39, 0.29) is 6.04 Å². The Labute approximate surface area is 157 Å². The number of nitrogen functional groups attached to an aromatic ring is 4. The molecule has 27 heavy (non-hydrogen) atoms. The van der Waals surface area contributed by atoms with Crippen LogP contribution in [-0.2, 0) is 10.4 Å². The van der Waals surface area contributed by atoms with E-state index in [0.29, 0.717) is 17.1 Å². The quantitative estimate of drug-likeness (QED) is 0.278. The molecule has 10 nitrogen and oxygen atoms in total. The van der Waals surface area contributed by atoms with Gasteiger partial charge in [0.2, 0.25) is 0 Å². The van der Waals surface area contributed by atoms with Crippen LogP contribution in [0.25, 0.3) is 0 Å². The van der Waals surface area contributed by atoms with E-state index < -0.39 is 10.4 Å². The van der Waals surface area contributed by atoms with Crippen LogP contribution in [0.5, 0.6) is 0 Å². The first-order valence-electron chi connectivity index (χ1n) is 8.03. The van der Waals surface area contributed by atoms with E-state index in [2.05, 4.69) is 10.2 Å². The van der Waals surface area contributed by atoms with Crippen molar-refractivity contribution in [3.63, 3.8) is 0 Å². The highest BCUT2D eigenvalue weighted by Crippen LogP contribution is 2.36. The Morgan fingerprint density at radius 2 is 1.52 bits per heavy atom. The fourth-order valence-corrected chi connectivity index (χ4v) is 2.96. The second-order valence-electron chi connectivity index (χ2n) is 6.07. The van der Waals surface area contributed by atoms with Crippen molar-refractivity contribution in [1.29, 1.82) is 0 Å². The summed E-state index contributed by atoms with van der Waals surface area (Å²) in [6, 6.07) is 11.2. The summed E-state index contributed by atoms with van der Waals surface area (Å²) in [7, 11) is -4.67. The Morgan fingerprint density at radius 3 is 2.15 bits per heavy atom. The van der Waals surface area contributed by atoms with Gasteiger partial charge in [0.1, 0.15) is 0 Å². The van der Waals surface area contributed by atoms with Crippen molar-refractivity contribution in [2.75, 3.05) is 47.5 Å². The normalized spacial score (nSPS) is 17.1. The molecule has 0 radical (unpaired) electrons. The first-order chi connectivity index (χ1) is 12.6. The standard InChI is InChI=1S/C16H22N6.H2O4S/c17-10-1-3-13(19)12(7-10)16-9-21-5-6-22(16)15-8-11(18)2-4-14(15)20;1-5(2,3)4/h1-4,7-8,16,21H,5-6,9,17-20H2;(H2,1,2,3,4). The number of benzene rings is 2. The molecule has 1 heterocycles. The van der Waals surface area contributed by atoms with Gasteiger partial charge in [0.15, 0.2) is 0 Å². The minimum atomic E-state index is -4.67. The summed E-state index contributed by atoms with van der Waals surface area (Å²) >= 11 is 0. The van der Waals surface area contributed by atoms with Crippen molar-refractivity contribution in [2.24, 2.45) is 0 Å². The molecule has 0 bridgehead atoms. The third-order valence-corrected chi connectivity index (χ3v) is 4.08. The van der Waals surface area contributed by atoms with E-state index in [1.54, 1.807) is 0 Å². The van der Waals surface area contributed by atoms with E-state index in [0.717, 1.165) is 36.6 Å². The smallest absolute Gasteiger partial charge is 0.394 e. The summed E-state index contributed by atoms with van der Waals surface area (Å²) < 4.78 is 31.6. The van der Waals surface area contributed by atoms with Gasteiger partial charge in [0, 0.05) is 42.3 Å². The van der Waals surface area contributed by atoms with Gasteiger partial charge in [-0.2, -0.15) is 8.42 Å². The number of rotatable bonds is 2. The molecule has 0 spiro atoms. The molecule has 1 saturated heterocycles. The van der Waals surface area contributed by atoms with Crippen molar-refractivity contribution in [1.82, 2.24) is 5.32 Å². The van der Waals surface area contributed by atoms with Crippen molar-refractivity contribution in [2.45, 2.75) is 6.04 Å². The molecule has 0 aliphatic carbocycles. The maximum Gasteiger partial charge on any atom is 0.394 e. The Balaban J connectivity index is 0.000000465. The van der Waals surface area contributed by atoms with E-state index in [4.69, 9.17) is 40.5 Å². The minimum absolute atomic E-state index is 0.0707. The van der Waals surface area contributed by atoms with Gasteiger partial charge >= 0.3 is 10.4 Å². The van der Waals surface area contributed by atoms with E-state index in [9.17, 15) is 0 Å². The molecule has 1 atom stereocenters. The maximum atomic E-state index is 8.74. The van der Waals surface area contributed by atoms with Gasteiger partial charge in [-0.3, -0.25) is 9.11 Å². The lowest BCUT2D eigenvalue weighted by molar-refractivity contribution is 0.381. The molecule has 3 rings (SSSR count). The lowest BCUT2D eigenvalue weighted by Crippen LogP contribution is -2.46. The van der Waals surface area contributed by atoms with Crippen LogP contribution in [0.15, 0.2) is 36.4 Å². The van der Waals surface area contributed by atoms with Crippen LogP contribution in [0.3, 0.4) is 0 Å². The Hall–Kier alpha value is -2.73. The predicted octanol–water partition coefficient (Wildman–Crippen LogP) is 0.514. The van der Waals surface area contributed by atoms with Gasteiger partial charge in [-0.25, -0.2) is 0 Å². The molecule has 2 aromatic carbocycles. The van der Waals surface area contributed by atoms with Crippen molar-refractivity contribution >= 4 is 38.8 Å². The highest BCUT2D eigenvalue weighted by molar-refractivity contribution is 7.79. The zero-order valence-electron chi connectivity index (χ0n) is 14.5. The minimum Gasteiger partial charge on any atom is -0.399 e. The van der Waals surface area contributed by atoms with E-state index in [1.165, 1.54) is 0 Å². The van der Waals surface area contributed by atoms with Crippen LogP contribution in [0.2, 0.25) is 0 Å². The largest absolute Gasteiger partial charge is 0.399 e. The van der Waals surface area contributed by atoms with Gasteiger partial charge in [0.25, 0.3) is 0 Å². The average Bonchev–Trinajstić information content (AvgIpc) is 2.58. The number of hydrogen-bond donors (Lipinski definition) is 7. The summed E-state index contributed by atoms with van der Waals surface area (Å²) in [6.07, 6.45) is 0. The molecule has 2 aromatic rings. The molecule has 148 valence electrons. The van der Waals surface area contributed by atoms with E-state index >= 15 is 0 Å². The molecule has 11 N–H and O–H groups in total. The Morgan fingerprint density at radius 1 is 0.963 bits per heavy atom. The number of anilines is 5. The molecular formula is C16H24N6O4S. The van der Waals surface area contributed by atoms with Crippen LogP contribution in [-0.4, -0.2) is 37.2 Å². The molecule has 0 saturated carbocycles. The van der Waals surface area contributed by atoms with E-state index in [1.807, 2.05) is 36.4 Å². The molecule has 1 fully saturated rings. The average molecular weight is 396 g/mol. The van der Waals surface area contributed by atoms with Crippen LogP contribution in [0.4, 0.5) is 28.4 Å². The van der Waals surface area contributed by atoms with Crippen LogP contribution >= 0.6 is 0 Å². The second-order valence-corrected chi connectivity index (χ2v) is 6.96. The molecule has 0 amide bonds. The Kier molecular flexibility index (Phi) is 6.33. The summed E-state index contributed by atoms with van der Waals surface area (Å²) in [4.78, 5) is 2.24. The molecule has 0 aromatic heterocycles. The number of piperazine rings is 1. The first kappa shape index (κ1) is 20.6. The van der Waals surface area contributed by atoms with Crippen LogP contribution in [0.1, 0.15) is 11.6 Å². The van der Waals surface area contributed by atoms with Crippen molar-refractivity contribution in [3.05, 3.63) is 42.0 Å². The summed E-state index contributed by atoms with van der Waals surface area (Å²) in [5.74, 6) is 0. The second kappa shape index (κ2) is 8.31. The topological polar surface area (TPSA) is 194 Å². The summed E-state index contributed by atoms with van der Waals surface area (Å²) in [6.45, 7) is 2.49. The van der Waals surface area contributed by atoms with Gasteiger partial charge in [-0.15, -0.1) is 0 Å². The molecule has 1 unspecified atom stereocenters. The monoisotopic (exact) mass is 396 g/mol. The lowest BCUT2D eigenvalue weighted by Gasteiger charge is -2.39. The number of nitrogens with two attached hydrogens (primary N) is 4. The fourth-order valence-electron chi connectivity index (χ4n) is 2.96. The fraction of sp³-hybridized carbons (Fsp3) is 0.250. The first-order valence-corrected chi connectivity index (χ1v) is 9.43. The van der Waals surface area contributed by atoms with Crippen molar-refractivity contribution in [3.8, 4) is 0 Å². The summed E-state index contributed by atoms with van der Waals surface area (Å²) in [5, 5.41) is 3.40. The Bertz CT molecular complexity index is 838. The SMILES string of the molecule is Nc1ccc(N)c(C2CNCCN2c2cc(N)ccc2N)c1.O=S(=O)(O)O. The van der Waals surface area contributed by atoms with Crippen LogP contribution < -0.4 is 33.2 Å². The predicted molar refractivity (Wildman–Crippen MR) is 108 cm³/mol. The number of nitrogens with zero attached hydrogens (tertiary/aromatic N) is 1. The zero-order valence-corrected chi connectivity index (χ0v) is 15.4. The molecule has 1 aliphatic rings.